The summed E-state index contributed by atoms with van der Waals surface area (Å²) in [6, 6.07) is 9.73. The van der Waals surface area contributed by atoms with Crippen molar-refractivity contribution in [2.75, 3.05) is 0 Å². The van der Waals surface area contributed by atoms with E-state index >= 15 is 0 Å². The standard InChI is InChI=1S/C15H13N3OS/c1-11-17-13(10-20-11)7-15(19)12-8-16-18(9-12)14-5-3-2-4-6-14/h2-6,8-10H,7H2,1H3. The first-order valence-corrected chi connectivity index (χ1v) is 7.14. The number of hydrogen-bond donors (Lipinski definition) is 0. The van der Waals surface area contributed by atoms with Gasteiger partial charge in [-0.05, 0) is 19.1 Å². The van der Waals surface area contributed by atoms with Crippen LogP contribution in [-0.2, 0) is 6.42 Å². The van der Waals surface area contributed by atoms with Gasteiger partial charge >= 0.3 is 0 Å². The molecular weight excluding hydrogens is 270 g/mol. The molecule has 5 heteroatoms. The zero-order chi connectivity index (χ0) is 13.9. The van der Waals surface area contributed by atoms with Crippen LogP contribution >= 0.6 is 11.3 Å². The second-order valence-corrected chi connectivity index (χ2v) is 5.53. The van der Waals surface area contributed by atoms with Crippen LogP contribution in [0.5, 0.6) is 0 Å². The molecule has 3 aromatic rings. The van der Waals surface area contributed by atoms with Gasteiger partial charge in [0.2, 0.25) is 0 Å². The third-order valence-corrected chi connectivity index (χ3v) is 3.76. The zero-order valence-corrected chi connectivity index (χ0v) is 11.8. The highest BCUT2D eigenvalue weighted by Crippen LogP contribution is 2.13. The Bertz CT molecular complexity index is 730. The molecule has 0 atom stereocenters. The van der Waals surface area contributed by atoms with Gasteiger partial charge in [-0.1, -0.05) is 18.2 Å². The number of ketones is 1. The maximum absolute atomic E-state index is 12.2. The molecule has 1 aromatic carbocycles. The monoisotopic (exact) mass is 283 g/mol. The van der Waals surface area contributed by atoms with Crippen molar-refractivity contribution in [2.24, 2.45) is 0 Å². The van der Waals surface area contributed by atoms with Gasteiger partial charge in [-0.2, -0.15) is 5.10 Å². The lowest BCUT2D eigenvalue weighted by Gasteiger charge is -1.99. The van der Waals surface area contributed by atoms with E-state index in [0.29, 0.717) is 12.0 Å². The van der Waals surface area contributed by atoms with Gasteiger partial charge in [0.1, 0.15) is 0 Å². The molecule has 3 rings (SSSR count). The summed E-state index contributed by atoms with van der Waals surface area (Å²) in [5.74, 6) is 0.0393. The first-order chi connectivity index (χ1) is 9.72. The summed E-state index contributed by atoms with van der Waals surface area (Å²) in [5, 5.41) is 7.14. The van der Waals surface area contributed by atoms with E-state index in [9.17, 15) is 4.79 Å². The van der Waals surface area contributed by atoms with Crippen molar-refractivity contribution in [3.8, 4) is 5.69 Å². The Morgan fingerprint density at radius 1 is 1.30 bits per heavy atom. The smallest absolute Gasteiger partial charge is 0.172 e. The van der Waals surface area contributed by atoms with Crippen LogP contribution in [0.2, 0.25) is 0 Å². The van der Waals surface area contributed by atoms with Crippen LogP contribution < -0.4 is 0 Å². The van der Waals surface area contributed by atoms with Crippen LogP contribution in [0.4, 0.5) is 0 Å². The van der Waals surface area contributed by atoms with Crippen molar-refractivity contribution in [1.82, 2.24) is 14.8 Å². The van der Waals surface area contributed by atoms with Gasteiger partial charge in [-0.15, -0.1) is 11.3 Å². The summed E-state index contributed by atoms with van der Waals surface area (Å²) in [4.78, 5) is 16.5. The summed E-state index contributed by atoms with van der Waals surface area (Å²) in [6.07, 6.45) is 3.69. The average Bonchev–Trinajstić information content (AvgIpc) is 3.09. The molecule has 0 saturated heterocycles. The van der Waals surface area contributed by atoms with Crippen molar-refractivity contribution in [2.45, 2.75) is 13.3 Å². The van der Waals surface area contributed by atoms with Crippen molar-refractivity contribution in [1.29, 1.82) is 0 Å². The number of carbonyl (C=O) groups is 1. The Morgan fingerprint density at radius 2 is 2.10 bits per heavy atom. The van der Waals surface area contributed by atoms with Gasteiger partial charge in [-0.3, -0.25) is 4.79 Å². The molecule has 0 bridgehead atoms. The number of aromatic nitrogens is 3. The number of thiazole rings is 1. The minimum atomic E-state index is 0.0393. The zero-order valence-electron chi connectivity index (χ0n) is 11.0. The molecule has 0 unspecified atom stereocenters. The largest absolute Gasteiger partial charge is 0.294 e. The van der Waals surface area contributed by atoms with E-state index in [0.717, 1.165) is 16.4 Å². The van der Waals surface area contributed by atoms with E-state index in [4.69, 9.17) is 0 Å². The van der Waals surface area contributed by atoms with E-state index in [1.54, 1.807) is 28.4 Å². The predicted octanol–water partition coefficient (Wildman–Crippen LogP) is 3.06. The summed E-state index contributed by atoms with van der Waals surface area (Å²) in [7, 11) is 0. The van der Waals surface area contributed by atoms with Crippen molar-refractivity contribution in [3.05, 3.63) is 64.4 Å². The summed E-state index contributed by atoms with van der Waals surface area (Å²) < 4.78 is 1.71. The lowest BCUT2D eigenvalue weighted by molar-refractivity contribution is 0.0992. The molecule has 0 fully saturated rings. The number of aryl methyl sites for hydroxylation is 1. The minimum absolute atomic E-state index is 0.0393. The molecule has 0 aliphatic heterocycles. The Hall–Kier alpha value is -2.27. The topological polar surface area (TPSA) is 47.8 Å². The van der Waals surface area contributed by atoms with E-state index in [1.165, 1.54) is 0 Å². The molecule has 4 nitrogen and oxygen atoms in total. The molecule has 0 N–H and O–H groups in total. The number of nitrogens with zero attached hydrogens (tertiary/aromatic N) is 3. The SMILES string of the molecule is Cc1nc(CC(=O)c2cnn(-c3ccccc3)c2)cs1. The fourth-order valence-electron chi connectivity index (χ4n) is 1.94. The van der Waals surface area contributed by atoms with Crippen LogP contribution in [0.1, 0.15) is 21.1 Å². The molecule has 2 aromatic heterocycles. The maximum atomic E-state index is 12.2. The van der Waals surface area contributed by atoms with Gasteiger partial charge in [-0.25, -0.2) is 9.67 Å². The predicted molar refractivity (Wildman–Crippen MR) is 78.4 cm³/mol. The Kier molecular flexibility index (Phi) is 3.43. The molecule has 0 aliphatic carbocycles. The van der Waals surface area contributed by atoms with Gasteiger partial charge < -0.3 is 0 Å². The fraction of sp³-hybridized carbons (Fsp3) is 0.133. The maximum Gasteiger partial charge on any atom is 0.172 e. The van der Waals surface area contributed by atoms with Crippen LogP contribution in [0, 0.1) is 6.92 Å². The molecule has 0 radical (unpaired) electrons. The number of rotatable bonds is 4. The number of benzene rings is 1. The van der Waals surface area contributed by atoms with Crippen LogP contribution in [-0.4, -0.2) is 20.5 Å². The number of hydrogen-bond acceptors (Lipinski definition) is 4. The van der Waals surface area contributed by atoms with Crippen molar-refractivity contribution >= 4 is 17.1 Å². The molecular formula is C15H13N3OS. The Morgan fingerprint density at radius 3 is 2.80 bits per heavy atom. The second-order valence-electron chi connectivity index (χ2n) is 4.47. The molecule has 0 saturated carbocycles. The third-order valence-electron chi connectivity index (χ3n) is 2.93. The van der Waals surface area contributed by atoms with Crippen molar-refractivity contribution in [3.63, 3.8) is 0 Å². The van der Waals surface area contributed by atoms with E-state index in [1.807, 2.05) is 42.6 Å². The second kappa shape index (κ2) is 5.38. The molecule has 20 heavy (non-hydrogen) atoms. The van der Waals surface area contributed by atoms with Gasteiger partial charge in [0.25, 0.3) is 0 Å². The van der Waals surface area contributed by atoms with Crippen LogP contribution in [0.3, 0.4) is 0 Å². The third kappa shape index (κ3) is 2.67. The Balaban J connectivity index is 1.78. The molecule has 2 heterocycles. The first kappa shape index (κ1) is 12.7. The molecule has 0 spiro atoms. The van der Waals surface area contributed by atoms with E-state index in [-0.39, 0.29) is 5.78 Å². The molecule has 0 amide bonds. The molecule has 100 valence electrons. The lowest BCUT2D eigenvalue weighted by Crippen LogP contribution is -2.02. The normalized spacial score (nSPS) is 10.7. The van der Waals surface area contributed by atoms with Crippen molar-refractivity contribution < 1.29 is 4.79 Å². The highest BCUT2D eigenvalue weighted by molar-refractivity contribution is 7.09. The van der Waals surface area contributed by atoms with E-state index < -0.39 is 0 Å². The van der Waals surface area contributed by atoms with Gasteiger partial charge in [0.15, 0.2) is 5.78 Å². The summed E-state index contributed by atoms with van der Waals surface area (Å²) >= 11 is 1.56. The number of carbonyl (C=O) groups excluding carboxylic acids is 1. The highest BCUT2D eigenvalue weighted by Gasteiger charge is 2.12. The summed E-state index contributed by atoms with van der Waals surface area (Å²) in [5.41, 5.74) is 2.38. The fourth-order valence-corrected chi connectivity index (χ4v) is 2.56. The quantitative estimate of drug-likeness (QED) is 0.691. The van der Waals surface area contributed by atoms with Crippen LogP contribution in [0.25, 0.3) is 5.69 Å². The number of para-hydroxylation sites is 1. The minimum Gasteiger partial charge on any atom is -0.294 e. The average molecular weight is 283 g/mol. The lowest BCUT2D eigenvalue weighted by atomic mass is 10.1. The summed E-state index contributed by atoms with van der Waals surface area (Å²) in [6.45, 7) is 1.94. The van der Waals surface area contributed by atoms with Gasteiger partial charge in [0.05, 0.1) is 34.6 Å². The first-order valence-electron chi connectivity index (χ1n) is 6.26. The Labute approximate surface area is 120 Å². The number of Topliss-reactive ketones (excluding diaryl/α,β-unsaturated/α-hetero) is 1. The highest BCUT2D eigenvalue weighted by atomic mass is 32.1. The molecule has 0 aliphatic rings. The van der Waals surface area contributed by atoms with Crippen LogP contribution in [0.15, 0.2) is 48.1 Å². The van der Waals surface area contributed by atoms with Gasteiger partial charge in [0, 0.05) is 11.6 Å². The van der Waals surface area contributed by atoms with E-state index in [2.05, 4.69) is 10.1 Å².